The van der Waals surface area contributed by atoms with E-state index in [1.54, 1.807) is 36.0 Å². The summed E-state index contributed by atoms with van der Waals surface area (Å²) in [6.07, 6.45) is 1.77. The lowest BCUT2D eigenvalue weighted by molar-refractivity contribution is 0.0842. The van der Waals surface area contributed by atoms with Gasteiger partial charge in [-0.05, 0) is 67.0 Å². The minimum absolute atomic E-state index is 0.360. The number of carbonyl (C=O) groups is 2. The average molecular weight is 407 g/mol. The molecule has 1 heterocycles. The van der Waals surface area contributed by atoms with E-state index in [1.807, 2.05) is 12.1 Å². The van der Waals surface area contributed by atoms with Crippen LogP contribution in [-0.2, 0) is 7.05 Å². The number of aryl methyl sites for hydroxylation is 1. The van der Waals surface area contributed by atoms with Crippen molar-refractivity contribution >= 4 is 33.4 Å². The molecule has 0 aliphatic heterocycles. The predicted molar refractivity (Wildman–Crippen MR) is 103 cm³/mol. The SMILES string of the molecule is CCN(c1ccc(C(=O)NNC(=O)c2cc(Br)cn2C)cc1)C(C)C. The smallest absolute Gasteiger partial charge is 0.286 e. The molecule has 0 bridgehead atoms. The van der Waals surface area contributed by atoms with Gasteiger partial charge in [0.25, 0.3) is 11.8 Å². The van der Waals surface area contributed by atoms with E-state index in [2.05, 4.69) is 52.5 Å². The van der Waals surface area contributed by atoms with E-state index in [9.17, 15) is 9.59 Å². The van der Waals surface area contributed by atoms with Crippen molar-refractivity contribution in [1.82, 2.24) is 15.4 Å². The molecule has 2 aromatic rings. The third kappa shape index (κ3) is 4.63. The first-order valence-corrected chi connectivity index (χ1v) is 8.92. The fourth-order valence-corrected chi connectivity index (χ4v) is 3.17. The second kappa shape index (κ2) is 8.20. The molecule has 0 aliphatic carbocycles. The van der Waals surface area contributed by atoms with Crippen molar-refractivity contribution in [3.8, 4) is 0 Å². The monoisotopic (exact) mass is 406 g/mol. The minimum Gasteiger partial charge on any atom is -0.369 e. The lowest BCUT2D eigenvalue weighted by Crippen LogP contribution is -2.42. The van der Waals surface area contributed by atoms with E-state index in [0.29, 0.717) is 17.3 Å². The molecule has 1 aromatic heterocycles. The van der Waals surface area contributed by atoms with Crippen LogP contribution in [-0.4, -0.2) is 29.0 Å². The van der Waals surface area contributed by atoms with Crippen molar-refractivity contribution in [3.05, 3.63) is 52.3 Å². The molecule has 0 fully saturated rings. The van der Waals surface area contributed by atoms with Gasteiger partial charge in [0.2, 0.25) is 0 Å². The van der Waals surface area contributed by atoms with Crippen molar-refractivity contribution in [2.75, 3.05) is 11.4 Å². The molecule has 25 heavy (non-hydrogen) atoms. The topological polar surface area (TPSA) is 66.4 Å². The number of amides is 2. The number of hydrazine groups is 1. The lowest BCUT2D eigenvalue weighted by atomic mass is 10.1. The quantitative estimate of drug-likeness (QED) is 0.749. The molecule has 134 valence electrons. The van der Waals surface area contributed by atoms with Gasteiger partial charge in [-0.2, -0.15) is 0 Å². The molecule has 0 aliphatic rings. The molecule has 0 unspecified atom stereocenters. The fourth-order valence-electron chi connectivity index (χ4n) is 2.65. The summed E-state index contributed by atoms with van der Waals surface area (Å²) >= 11 is 3.31. The van der Waals surface area contributed by atoms with Gasteiger partial charge in [0, 0.05) is 41.6 Å². The Balaban J connectivity index is 1.99. The number of anilines is 1. The zero-order valence-corrected chi connectivity index (χ0v) is 16.4. The molecule has 2 rings (SSSR count). The standard InChI is InChI=1S/C18H23BrN4O2/c1-5-23(12(2)3)15-8-6-13(7-9-15)17(24)20-21-18(25)16-10-14(19)11-22(16)4/h6-12H,5H2,1-4H3,(H,20,24)(H,21,25). The van der Waals surface area contributed by atoms with E-state index in [-0.39, 0.29) is 11.8 Å². The van der Waals surface area contributed by atoms with Crippen LogP contribution in [0.15, 0.2) is 41.0 Å². The van der Waals surface area contributed by atoms with Gasteiger partial charge in [0.15, 0.2) is 0 Å². The summed E-state index contributed by atoms with van der Waals surface area (Å²) in [4.78, 5) is 26.5. The van der Waals surface area contributed by atoms with Crippen molar-refractivity contribution in [2.45, 2.75) is 26.8 Å². The molecule has 7 heteroatoms. The van der Waals surface area contributed by atoms with Crippen LogP contribution in [0.2, 0.25) is 0 Å². The molecule has 0 spiro atoms. The highest BCUT2D eigenvalue weighted by Gasteiger charge is 2.13. The number of rotatable bonds is 5. The molecular weight excluding hydrogens is 384 g/mol. The fraction of sp³-hybridized carbons (Fsp3) is 0.333. The molecule has 0 atom stereocenters. The molecule has 0 saturated carbocycles. The maximum absolute atomic E-state index is 12.2. The normalized spacial score (nSPS) is 10.6. The Morgan fingerprint density at radius 1 is 1.16 bits per heavy atom. The van der Waals surface area contributed by atoms with Crippen LogP contribution in [0, 0.1) is 0 Å². The van der Waals surface area contributed by atoms with Crippen LogP contribution in [0.5, 0.6) is 0 Å². The molecule has 2 amide bonds. The maximum atomic E-state index is 12.2. The summed E-state index contributed by atoms with van der Waals surface area (Å²) in [5.74, 6) is -0.740. The first-order valence-electron chi connectivity index (χ1n) is 8.12. The van der Waals surface area contributed by atoms with Gasteiger partial charge >= 0.3 is 0 Å². The van der Waals surface area contributed by atoms with Gasteiger partial charge in [-0.3, -0.25) is 20.4 Å². The largest absolute Gasteiger partial charge is 0.369 e. The number of nitrogens with one attached hydrogen (secondary N) is 2. The highest BCUT2D eigenvalue weighted by molar-refractivity contribution is 9.10. The third-order valence-corrected chi connectivity index (χ3v) is 4.35. The molecule has 6 nitrogen and oxygen atoms in total. The Kier molecular flexibility index (Phi) is 6.25. The summed E-state index contributed by atoms with van der Waals surface area (Å²) in [6, 6.07) is 9.39. The number of hydrogen-bond acceptors (Lipinski definition) is 3. The Hall–Kier alpha value is -2.28. The second-order valence-electron chi connectivity index (χ2n) is 5.99. The zero-order chi connectivity index (χ0) is 18.6. The number of hydrogen-bond donors (Lipinski definition) is 2. The van der Waals surface area contributed by atoms with Crippen molar-refractivity contribution in [3.63, 3.8) is 0 Å². The van der Waals surface area contributed by atoms with Crippen LogP contribution in [0.25, 0.3) is 0 Å². The zero-order valence-electron chi connectivity index (χ0n) is 14.8. The van der Waals surface area contributed by atoms with Gasteiger partial charge in [-0.15, -0.1) is 0 Å². The minimum atomic E-state index is -0.380. The number of halogens is 1. The van der Waals surface area contributed by atoms with Crippen LogP contribution >= 0.6 is 15.9 Å². The summed E-state index contributed by atoms with van der Waals surface area (Å²) in [6.45, 7) is 7.24. The lowest BCUT2D eigenvalue weighted by Gasteiger charge is -2.27. The summed E-state index contributed by atoms with van der Waals surface area (Å²) < 4.78 is 2.47. The summed E-state index contributed by atoms with van der Waals surface area (Å²) in [7, 11) is 1.76. The first-order chi connectivity index (χ1) is 11.8. The van der Waals surface area contributed by atoms with Crippen LogP contribution in [0.1, 0.15) is 41.6 Å². The van der Waals surface area contributed by atoms with Gasteiger partial charge in [-0.25, -0.2) is 0 Å². The van der Waals surface area contributed by atoms with Gasteiger partial charge in [-0.1, -0.05) is 0 Å². The summed E-state index contributed by atoms with van der Waals surface area (Å²) in [5, 5.41) is 0. The summed E-state index contributed by atoms with van der Waals surface area (Å²) in [5.41, 5.74) is 6.85. The molecule has 0 saturated heterocycles. The second-order valence-corrected chi connectivity index (χ2v) is 6.91. The van der Waals surface area contributed by atoms with E-state index >= 15 is 0 Å². The van der Waals surface area contributed by atoms with Crippen molar-refractivity contribution in [1.29, 1.82) is 0 Å². The molecule has 1 aromatic carbocycles. The van der Waals surface area contributed by atoms with Gasteiger partial charge in [0.05, 0.1) is 0 Å². The Morgan fingerprint density at radius 3 is 2.24 bits per heavy atom. The predicted octanol–water partition coefficient (Wildman–Crippen LogP) is 3.10. The van der Waals surface area contributed by atoms with E-state index in [1.165, 1.54) is 0 Å². The van der Waals surface area contributed by atoms with Crippen LogP contribution in [0.4, 0.5) is 5.69 Å². The first kappa shape index (κ1) is 19.1. The number of nitrogens with zero attached hydrogens (tertiary/aromatic N) is 2. The maximum Gasteiger partial charge on any atom is 0.286 e. The number of aromatic nitrogens is 1. The molecule has 2 N–H and O–H groups in total. The van der Waals surface area contributed by atoms with Crippen molar-refractivity contribution in [2.24, 2.45) is 7.05 Å². The number of benzene rings is 1. The van der Waals surface area contributed by atoms with E-state index in [0.717, 1.165) is 16.7 Å². The number of carbonyl (C=O) groups excluding carboxylic acids is 2. The Bertz CT molecular complexity index is 753. The van der Waals surface area contributed by atoms with Crippen molar-refractivity contribution < 1.29 is 9.59 Å². The highest BCUT2D eigenvalue weighted by Crippen LogP contribution is 2.17. The van der Waals surface area contributed by atoms with Crippen LogP contribution in [0.3, 0.4) is 0 Å². The Labute approximate surface area is 156 Å². The Morgan fingerprint density at radius 2 is 1.76 bits per heavy atom. The molecule has 0 radical (unpaired) electrons. The molecular formula is C18H23BrN4O2. The third-order valence-electron chi connectivity index (χ3n) is 3.92. The average Bonchev–Trinajstić information content (AvgIpc) is 2.91. The van der Waals surface area contributed by atoms with Crippen LogP contribution < -0.4 is 15.8 Å². The highest BCUT2D eigenvalue weighted by atomic mass is 79.9. The van der Waals surface area contributed by atoms with Gasteiger partial charge in [0.1, 0.15) is 5.69 Å². The van der Waals surface area contributed by atoms with Gasteiger partial charge < -0.3 is 9.47 Å². The van der Waals surface area contributed by atoms with E-state index in [4.69, 9.17) is 0 Å². The van der Waals surface area contributed by atoms with E-state index < -0.39 is 0 Å².